The molecule has 3 aliphatic heterocycles. The maximum Gasteiger partial charge on any atom is 0.264 e. The van der Waals surface area contributed by atoms with Crippen molar-refractivity contribution < 1.29 is 42.7 Å². The van der Waals surface area contributed by atoms with Crippen molar-refractivity contribution in [3.05, 3.63) is 95.3 Å². The first kappa shape index (κ1) is 45.5. The lowest BCUT2D eigenvalue weighted by Gasteiger charge is -2.34. The Hall–Kier alpha value is -6.49. The molecule has 2 saturated heterocycles. The molecule has 1 aromatic heterocycles. The molecule has 3 aliphatic rings. The van der Waals surface area contributed by atoms with E-state index >= 15 is 0 Å². The zero-order chi connectivity index (χ0) is 45.4. The van der Waals surface area contributed by atoms with Crippen LogP contribution in [0, 0.1) is 0 Å². The van der Waals surface area contributed by atoms with Crippen LogP contribution in [0.25, 0.3) is 0 Å². The van der Waals surface area contributed by atoms with Crippen molar-refractivity contribution >= 4 is 88.1 Å². The predicted octanol–water partition coefficient (Wildman–Crippen LogP) is 5.02. The van der Waals surface area contributed by atoms with Crippen LogP contribution >= 0.6 is 18.7 Å². The fraction of sp³-hybridized carbons (Fsp3) is 0.341. The highest BCUT2D eigenvalue weighted by molar-refractivity contribution is 7.70. The van der Waals surface area contributed by atoms with Gasteiger partial charge in [0.25, 0.3) is 11.8 Å². The molecule has 7 rings (SSSR count). The second-order valence-corrected chi connectivity index (χ2v) is 19.1. The number of nitrogens with zero attached hydrogens (tertiary/aromatic N) is 4. The van der Waals surface area contributed by atoms with Crippen LogP contribution in [0.1, 0.15) is 46.4 Å². The summed E-state index contributed by atoms with van der Waals surface area (Å²) < 4.78 is 29.7. The van der Waals surface area contributed by atoms with E-state index in [9.17, 15) is 28.5 Å². The minimum Gasteiger partial charge on any atom is -0.499 e. The summed E-state index contributed by atoms with van der Waals surface area (Å²) in [7, 11) is -0.985. The Bertz CT molecular complexity index is 2510. The van der Waals surface area contributed by atoms with Gasteiger partial charge in [-0.2, -0.15) is 4.98 Å². The number of methoxy groups -OCH3 is 1. The first-order valence-corrected chi connectivity index (χ1v) is 23.7. The molecule has 336 valence electrons. The van der Waals surface area contributed by atoms with Crippen LogP contribution in [-0.4, -0.2) is 116 Å². The zero-order valence-corrected chi connectivity index (χ0v) is 37.2. The number of para-hydroxylation sites is 1. The molecule has 20 heteroatoms. The number of halogens is 1. The van der Waals surface area contributed by atoms with Crippen molar-refractivity contribution in [1.82, 2.24) is 25.5 Å². The van der Waals surface area contributed by atoms with Gasteiger partial charge in [-0.15, -0.1) is 0 Å². The minimum absolute atomic E-state index is 0.00903. The summed E-state index contributed by atoms with van der Waals surface area (Å²) in [5.41, 5.74) is 3.08. The average Bonchev–Trinajstić information content (AvgIpc) is 3.53. The molecule has 5 N–H and O–H groups in total. The van der Waals surface area contributed by atoms with Crippen molar-refractivity contribution in [1.29, 1.82) is 0 Å². The summed E-state index contributed by atoms with van der Waals surface area (Å²) in [6, 6.07) is 17.0. The van der Waals surface area contributed by atoms with Gasteiger partial charge in [0.05, 0.1) is 55.3 Å². The van der Waals surface area contributed by atoms with Crippen LogP contribution in [-0.2, 0) is 28.4 Å². The Labute approximate surface area is 374 Å². The molecule has 18 nitrogen and oxygen atoms in total. The maximum absolute atomic E-state index is 13.3. The van der Waals surface area contributed by atoms with Crippen LogP contribution in [0.4, 0.5) is 34.5 Å². The van der Waals surface area contributed by atoms with E-state index in [-0.39, 0.29) is 61.7 Å². The number of rotatable bonds is 18. The number of amides is 5. The number of piperidine rings is 2. The van der Waals surface area contributed by atoms with Crippen molar-refractivity contribution in [2.24, 2.45) is 0 Å². The molecule has 1 atom stereocenters. The van der Waals surface area contributed by atoms with Crippen molar-refractivity contribution in [2.75, 3.05) is 80.7 Å². The number of ether oxygens (including phenoxy) is 3. The van der Waals surface area contributed by atoms with Gasteiger partial charge in [0.1, 0.15) is 30.6 Å². The average molecular weight is 914 g/mol. The monoisotopic (exact) mass is 913 g/mol. The van der Waals surface area contributed by atoms with E-state index in [1.165, 1.54) is 24.6 Å². The Morgan fingerprint density at radius 3 is 2.48 bits per heavy atom. The number of carbonyl (C=O) groups is 5. The molecular weight excluding hydrogens is 865 g/mol. The van der Waals surface area contributed by atoms with Gasteiger partial charge in [-0.05, 0) is 69.0 Å². The highest BCUT2D eigenvalue weighted by atomic mass is 35.5. The quantitative estimate of drug-likeness (QED) is 0.0291. The normalized spacial score (nSPS) is 16.7. The van der Waals surface area contributed by atoms with Crippen molar-refractivity contribution in [2.45, 2.75) is 37.8 Å². The van der Waals surface area contributed by atoms with E-state index in [2.05, 4.69) is 41.5 Å². The predicted molar refractivity (Wildman–Crippen MR) is 243 cm³/mol. The number of imide groups is 2. The van der Waals surface area contributed by atoms with Crippen LogP contribution in [0.2, 0.25) is 5.02 Å². The summed E-state index contributed by atoms with van der Waals surface area (Å²) in [5, 5.41) is 15.8. The van der Waals surface area contributed by atoms with Crippen LogP contribution in [0.15, 0.2) is 79.2 Å². The fourth-order valence-electron chi connectivity index (χ4n) is 7.63. The third-order valence-electron chi connectivity index (χ3n) is 10.8. The SMILES string of the molecule is COc1cc(N2CCC(NC(=O)/C=C/OCCOCCNc3cccc4c3C(=O)N(C3CCC(=O)NC3=O)C4=O)CC2)ccc1Nc1ncc(Cl)c(Nc2ccccc2P(C)(C)=O)n1. The molecule has 0 spiro atoms. The van der Waals surface area contributed by atoms with Gasteiger partial charge >= 0.3 is 0 Å². The topological polar surface area (TPSA) is 223 Å². The number of benzene rings is 3. The molecule has 1 unspecified atom stereocenters. The lowest BCUT2D eigenvalue weighted by molar-refractivity contribution is -0.136. The molecule has 4 heterocycles. The Morgan fingerprint density at radius 2 is 1.72 bits per heavy atom. The zero-order valence-electron chi connectivity index (χ0n) is 35.5. The molecule has 0 bridgehead atoms. The summed E-state index contributed by atoms with van der Waals surface area (Å²) in [6.07, 6.45) is 5.76. The number of nitrogens with one attached hydrogen (secondary N) is 5. The third kappa shape index (κ3) is 10.8. The number of hydrogen-bond acceptors (Lipinski definition) is 15. The van der Waals surface area contributed by atoms with Gasteiger partial charge in [-0.25, -0.2) is 4.98 Å². The lowest BCUT2D eigenvalue weighted by atomic mass is 10.0. The largest absolute Gasteiger partial charge is 0.499 e. The molecule has 0 saturated carbocycles. The summed E-state index contributed by atoms with van der Waals surface area (Å²) in [6.45, 7) is 5.89. The number of aromatic nitrogens is 2. The summed E-state index contributed by atoms with van der Waals surface area (Å²) in [4.78, 5) is 75.0. The van der Waals surface area contributed by atoms with Crippen molar-refractivity contribution in [3.63, 3.8) is 0 Å². The molecule has 2 fully saturated rings. The number of hydrogen-bond donors (Lipinski definition) is 5. The molecule has 64 heavy (non-hydrogen) atoms. The Balaban J connectivity index is 0.803. The second-order valence-electron chi connectivity index (χ2n) is 15.6. The van der Waals surface area contributed by atoms with Crippen LogP contribution in [0.3, 0.4) is 0 Å². The van der Waals surface area contributed by atoms with E-state index in [0.29, 0.717) is 58.6 Å². The lowest BCUT2D eigenvalue weighted by Crippen LogP contribution is -2.54. The maximum atomic E-state index is 13.3. The van der Waals surface area contributed by atoms with E-state index in [0.717, 1.165) is 23.4 Å². The Kier molecular flexibility index (Phi) is 14.5. The van der Waals surface area contributed by atoms with E-state index < -0.39 is 36.8 Å². The number of fused-ring (bicyclic) bond motifs is 1. The van der Waals surface area contributed by atoms with Gasteiger partial charge in [0.15, 0.2) is 5.82 Å². The summed E-state index contributed by atoms with van der Waals surface area (Å²) >= 11 is 6.44. The minimum atomic E-state index is -2.57. The molecule has 4 aromatic rings. The number of anilines is 6. The molecular formula is C44H49ClN9O9P. The third-order valence-corrected chi connectivity index (χ3v) is 12.6. The fourth-order valence-corrected chi connectivity index (χ4v) is 8.92. The first-order chi connectivity index (χ1) is 30.8. The molecule has 3 aromatic carbocycles. The molecule has 0 aliphatic carbocycles. The van der Waals surface area contributed by atoms with Gasteiger partial charge in [-0.1, -0.05) is 29.8 Å². The Morgan fingerprint density at radius 1 is 0.938 bits per heavy atom. The standard InChI is InChI=1S/C44H49ClN9O9P/c1-61-35-25-28(11-12-31(35)50-44-47-26-30(45)40(52-44)49-32-8-4-5-10-36(32)64(2,3)60)53-19-15-27(16-20-53)48-38(56)17-21-62-23-24-63-22-18-46-33-9-6-7-29-39(33)43(59)54(42(29)58)34-13-14-37(55)51-41(34)57/h4-12,17,21,25-27,34,46H,13-16,18-20,22-24H2,1-3H3,(H,48,56)(H,51,55,57)(H2,47,49,50,52)/b21-17+. The number of carbonyl (C=O) groups excluding carboxylic acids is 5. The van der Waals surface area contributed by atoms with Crippen molar-refractivity contribution in [3.8, 4) is 5.75 Å². The van der Waals surface area contributed by atoms with Gasteiger partial charge in [0.2, 0.25) is 23.7 Å². The smallest absolute Gasteiger partial charge is 0.264 e. The van der Waals surface area contributed by atoms with Crippen LogP contribution < -0.4 is 41.5 Å². The van der Waals surface area contributed by atoms with Gasteiger partial charge in [-0.3, -0.25) is 34.2 Å². The van der Waals surface area contributed by atoms with Gasteiger partial charge in [0, 0.05) is 60.9 Å². The highest BCUT2D eigenvalue weighted by Crippen LogP contribution is 2.39. The van der Waals surface area contributed by atoms with E-state index in [1.807, 2.05) is 42.5 Å². The molecule has 5 amide bonds. The van der Waals surface area contributed by atoms with E-state index in [4.69, 9.17) is 25.8 Å². The van der Waals surface area contributed by atoms with Gasteiger partial charge < -0.3 is 44.9 Å². The summed E-state index contributed by atoms with van der Waals surface area (Å²) in [5.74, 6) is -1.28. The highest BCUT2D eigenvalue weighted by Gasteiger charge is 2.45. The van der Waals surface area contributed by atoms with Crippen LogP contribution in [0.5, 0.6) is 5.75 Å². The second kappa shape index (κ2) is 20.3. The first-order valence-electron chi connectivity index (χ1n) is 20.7. The molecule has 0 radical (unpaired) electrons. The van der Waals surface area contributed by atoms with E-state index in [1.54, 1.807) is 32.6 Å².